The second kappa shape index (κ2) is 12.1. The summed E-state index contributed by atoms with van der Waals surface area (Å²) in [6.07, 6.45) is 13.7. The highest BCUT2D eigenvalue weighted by atomic mass is 16.2. The minimum atomic E-state index is -0.128. The number of carbonyl (C=O) groups excluding carboxylic acids is 1. The number of nitrogens with one attached hydrogen (secondary N) is 2. The van der Waals surface area contributed by atoms with Crippen LogP contribution in [0, 0.1) is 0 Å². The summed E-state index contributed by atoms with van der Waals surface area (Å²) < 4.78 is 1.68. The van der Waals surface area contributed by atoms with Gasteiger partial charge in [0.05, 0.1) is 17.6 Å². The van der Waals surface area contributed by atoms with Crippen molar-refractivity contribution in [3.8, 4) is 11.3 Å². The van der Waals surface area contributed by atoms with Crippen molar-refractivity contribution in [1.82, 2.24) is 34.7 Å². The van der Waals surface area contributed by atoms with Crippen LogP contribution >= 0.6 is 0 Å². The molecule has 0 spiro atoms. The molecular weight excluding hydrogens is 562 g/mol. The van der Waals surface area contributed by atoms with E-state index in [4.69, 9.17) is 10.1 Å². The summed E-state index contributed by atoms with van der Waals surface area (Å²) in [6.45, 7) is 6.43. The van der Waals surface area contributed by atoms with Crippen molar-refractivity contribution < 1.29 is 4.79 Å². The van der Waals surface area contributed by atoms with Gasteiger partial charge >= 0.3 is 0 Å². The maximum Gasteiger partial charge on any atom is 0.271 e. The topological polar surface area (TPSA) is 93.9 Å². The molecule has 0 radical (unpaired) electrons. The molecule has 5 heterocycles. The molecule has 2 saturated carbocycles. The van der Waals surface area contributed by atoms with Crippen molar-refractivity contribution in [2.24, 2.45) is 0 Å². The maximum atomic E-state index is 13.0. The number of piperazine rings is 1. The lowest BCUT2D eigenvalue weighted by Crippen LogP contribution is -2.50. The molecule has 0 unspecified atom stereocenters. The third-order valence-electron chi connectivity index (χ3n) is 10.2. The van der Waals surface area contributed by atoms with Gasteiger partial charge in [-0.2, -0.15) is 0 Å². The molecule has 45 heavy (non-hydrogen) atoms. The lowest BCUT2D eigenvalue weighted by atomic mass is 9.94. The van der Waals surface area contributed by atoms with Crippen molar-refractivity contribution in [3.05, 3.63) is 65.6 Å². The first kappa shape index (κ1) is 28.5. The average Bonchev–Trinajstić information content (AvgIpc) is 3.62. The lowest BCUT2D eigenvalue weighted by molar-refractivity contribution is 0.0754. The van der Waals surface area contributed by atoms with E-state index in [0.29, 0.717) is 11.3 Å². The summed E-state index contributed by atoms with van der Waals surface area (Å²) in [5.41, 5.74) is 7.80. The first-order chi connectivity index (χ1) is 22.1. The Hall–Kier alpha value is -4.02. The number of hydrogen-bond donors (Lipinski definition) is 2. The van der Waals surface area contributed by atoms with Gasteiger partial charge in [-0.25, -0.2) is 9.50 Å². The Balaban J connectivity index is 0.990. The fraction of sp³-hybridized carbons (Fsp3) is 0.486. The number of amides is 1. The molecule has 0 atom stereocenters. The molecule has 2 N–H and O–H groups in total. The molecule has 10 nitrogen and oxygen atoms in total. The number of aromatic nitrogens is 4. The molecule has 1 saturated heterocycles. The second-order valence-corrected chi connectivity index (χ2v) is 13.2. The summed E-state index contributed by atoms with van der Waals surface area (Å²) in [5.74, 6) is 0.658. The fourth-order valence-corrected chi connectivity index (χ4v) is 7.49. The van der Waals surface area contributed by atoms with Gasteiger partial charge in [-0.1, -0.05) is 37.5 Å². The Kier molecular flexibility index (Phi) is 7.62. The van der Waals surface area contributed by atoms with Gasteiger partial charge in [0, 0.05) is 81.9 Å². The quantitative estimate of drug-likeness (QED) is 0.294. The van der Waals surface area contributed by atoms with Gasteiger partial charge in [0.2, 0.25) is 0 Å². The van der Waals surface area contributed by atoms with Crippen molar-refractivity contribution >= 4 is 28.7 Å². The normalized spacial score (nSPS) is 19.6. The number of benzene rings is 1. The van der Waals surface area contributed by atoms with Gasteiger partial charge < -0.3 is 15.5 Å². The maximum absolute atomic E-state index is 13.0. The van der Waals surface area contributed by atoms with Crippen LogP contribution in [0.2, 0.25) is 0 Å². The van der Waals surface area contributed by atoms with Crippen LogP contribution in [0.3, 0.4) is 0 Å². The van der Waals surface area contributed by atoms with Crippen molar-refractivity contribution in [3.63, 3.8) is 0 Å². The van der Waals surface area contributed by atoms with Gasteiger partial charge in [0.25, 0.3) is 5.91 Å². The monoisotopic (exact) mass is 605 g/mol. The molecule has 0 bridgehead atoms. The number of anilines is 3. The highest BCUT2D eigenvalue weighted by Crippen LogP contribution is 2.40. The molecule has 3 aromatic heterocycles. The van der Waals surface area contributed by atoms with Crippen LogP contribution < -0.4 is 15.5 Å². The van der Waals surface area contributed by atoms with Gasteiger partial charge in [-0.3, -0.25) is 19.6 Å². The van der Waals surface area contributed by atoms with Gasteiger partial charge in [-0.15, -0.1) is 5.10 Å². The summed E-state index contributed by atoms with van der Waals surface area (Å²) in [4.78, 5) is 30.0. The third-order valence-corrected chi connectivity index (χ3v) is 10.2. The van der Waals surface area contributed by atoms with Crippen LogP contribution in [0.4, 0.5) is 17.2 Å². The minimum Gasteiger partial charge on any atom is -0.385 e. The molecule has 234 valence electrons. The van der Waals surface area contributed by atoms with Crippen LogP contribution in [0.5, 0.6) is 0 Å². The first-order valence-corrected chi connectivity index (χ1v) is 16.8. The first-order valence-electron chi connectivity index (χ1n) is 16.8. The molecule has 4 aromatic rings. The molecule has 8 rings (SSSR count). The second-order valence-electron chi connectivity index (χ2n) is 13.2. The van der Waals surface area contributed by atoms with Crippen molar-refractivity contribution in [1.29, 1.82) is 0 Å². The van der Waals surface area contributed by atoms with Crippen molar-refractivity contribution in [2.75, 3.05) is 50.0 Å². The minimum absolute atomic E-state index is 0.128. The Bertz CT molecular complexity index is 1680. The average molecular weight is 606 g/mol. The van der Waals surface area contributed by atoms with Gasteiger partial charge in [0.1, 0.15) is 0 Å². The summed E-state index contributed by atoms with van der Waals surface area (Å²) >= 11 is 0. The van der Waals surface area contributed by atoms with E-state index in [-0.39, 0.29) is 11.9 Å². The van der Waals surface area contributed by atoms with Crippen LogP contribution in [-0.4, -0.2) is 87.1 Å². The van der Waals surface area contributed by atoms with E-state index >= 15 is 0 Å². The standard InChI is InChI=1S/C35H43N9O/c1-36-30-20-33(40-44-32(22-38-34(30)44)35(45)39-25-11-12-25)43-15-14-28-27(8-5-9-31(28)43)29-13-10-24(21-37-29)23-41-16-18-42(19-17-41)26-6-3-2-4-7-26/h5,8-10,13,20-22,25-26,36H,2-4,6-7,11-12,14-19,23H2,1H3,(H,39,45). The molecule has 2 aliphatic carbocycles. The number of carbonyl (C=O) groups is 1. The van der Waals surface area contributed by atoms with Crippen molar-refractivity contribution in [2.45, 2.75) is 70.0 Å². The molecule has 1 aromatic carbocycles. The Labute approximate surface area is 264 Å². The van der Waals surface area contributed by atoms with E-state index < -0.39 is 0 Å². The van der Waals surface area contributed by atoms with E-state index in [9.17, 15) is 4.79 Å². The third kappa shape index (κ3) is 5.66. The molecule has 3 fully saturated rings. The number of rotatable bonds is 8. The Morgan fingerprint density at radius 2 is 1.78 bits per heavy atom. The number of imidazole rings is 1. The lowest BCUT2D eigenvalue weighted by Gasteiger charge is -2.40. The van der Waals surface area contributed by atoms with Gasteiger partial charge in [0.15, 0.2) is 17.2 Å². The van der Waals surface area contributed by atoms with Gasteiger partial charge in [-0.05, 0) is 55.4 Å². The molecule has 1 amide bonds. The number of fused-ring (bicyclic) bond motifs is 2. The van der Waals surface area contributed by atoms with E-state index in [1.165, 1.54) is 61.9 Å². The molecule has 4 aliphatic rings. The number of pyridine rings is 1. The highest BCUT2D eigenvalue weighted by molar-refractivity contribution is 5.94. The molecule has 10 heteroatoms. The van der Waals surface area contributed by atoms with Crippen LogP contribution in [0.25, 0.3) is 16.9 Å². The zero-order valence-electron chi connectivity index (χ0n) is 26.2. The predicted molar refractivity (Wildman–Crippen MR) is 177 cm³/mol. The molecule has 2 aliphatic heterocycles. The van der Waals surface area contributed by atoms with E-state index in [1.807, 2.05) is 13.1 Å². The van der Waals surface area contributed by atoms with Crippen LogP contribution in [0.15, 0.2) is 48.8 Å². The largest absolute Gasteiger partial charge is 0.385 e. The molecular formula is C35H43N9O. The smallest absolute Gasteiger partial charge is 0.271 e. The summed E-state index contributed by atoms with van der Waals surface area (Å²) in [7, 11) is 1.88. The zero-order valence-corrected chi connectivity index (χ0v) is 26.2. The van der Waals surface area contributed by atoms with E-state index in [2.05, 4.69) is 66.8 Å². The predicted octanol–water partition coefficient (Wildman–Crippen LogP) is 4.87. The number of nitrogens with zero attached hydrogens (tertiary/aromatic N) is 7. The summed E-state index contributed by atoms with van der Waals surface area (Å²) in [6, 6.07) is 14.0. The fourth-order valence-electron chi connectivity index (χ4n) is 7.49. The van der Waals surface area contributed by atoms with E-state index in [1.54, 1.807) is 10.7 Å². The highest BCUT2D eigenvalue weighted by Gasteiger charge is 2.29. The number of hydrogen-bond acceptors (Lipinski definition) is 8. The zero-order chi connectivity index (χ0) is 30.3. The Morgan fingerprint density at radius 1 is 0.933 bits per heavy atom. The SMILES string of the molecule is CNc1cc(N2CCc3c(-c4ccc(CN5CCN(C6CCCCC6)CC5)cn4)cccc32)nn2c(C(=O)NC3CC3)cnc12. The van der Waals surface area contributed by atoms with Crippen LogP contribution in [0.1, 0.15) is 66.6 Å². The Morgan fingerprint density at radius 3 is 2.53 bits per heavy atom. The van der Waals surface area contributed by atoms with E-state index in [0.717, 1.165) is 74.4 Å². The van der Waals surface area contributed by atoms with Crippen LogP contribution in [-0.2, 0) is 13.0 Å². The summed E-state index contributed by atoms with van der Waals surface area (Å²) in [5, 5.41) is 11.3.